The molecule has 0 atom stereocenters. The van der Waals surface area contributed by atoms with Gasteiger partial charge in [0, 0.05) is 28.4 Å². The predicted molar refractivity (Wildman–Crippen MR) is 70.4 cm³/mol. The van der Waals surface area contributed by atoms with Crippen LogP contribution in [0, 0.1) is 5.95 Å². The average Bonchev–Trinajstić information content (AvgIpc) is 2.39. The molecule has 0 unspecified atom stereocenters. The van der Waals surface area contributed by atoms with E-state index in [1.54, 1.807) is 17.8 Å². The van der Waals surface area contributed by atoms with Crippen LogP contribution in [0.4, 0.5) is 10.1 Å². The van der Waals surface area contributed by atoms with Crippen LogP contribution in [-0.4, -0.2) is 17.1 Å². The Labute approximate surface area is 108 Å². The summed E-state index contributed by atoms with van der Waals surface area (Å²) in [5.74, 6) is -1.02. The van der Waals surface area contributed by atoms with Gasteiger partial charge in [0.15, 0.2) is 0 Å². The lowest BCUT2D eigenvalue weighted by Crippen LogP contribution is -2.12. The molecule has 1 N–H and O–H groups in total. The molecular formula is C13H11FN2OS. The highest BCUT2D eigenvalue weighted by atomic mass is 32.2. The normalized spacial score (nSPS) is 10.1. The lowest BCUT2D eigenvalue weighted by Gasteiger charge is -2.06. The maximum atomic E-state index is 12.9. The number of carbonyl (C=O) groups is 1. The number of hydrogen-bond donors (Lipinski definition) is 1. The highest BCUT2D eigenvalue weighted by Gasteiger charge is 2.07. The van der Waals surface area contributed by atoms with E-state index in [0.717, 1.165) is 11.0 Å². The topological polar surface area (TPSA) is 42.0 Å². The Bertz CT molecular complexity index is 574. The second-order valence-electron chi connectivity index (χ2n) is 3.55. The fourth-order valence-corrected chi connectivity index (χ4v) is 1.91. The summed E-state index contributed by atoms with van der Waals surface area (Å²) >= 11 is 1.59. The Morgan fingerprint density at radius 2 is 2.17 bits per heavy atom. The van der Waals surface area contributed by atoms with Gasteiger partial charge in [-0.3, -0.25) is 4.79 Å². The van der Waals surface area contributed by atoms with E-state index in [0.29, 0.717) is 5.69 Å². The summed E-state index contributed by atoms with van der Waals surface area (Å²) in [5, 5.41) is 2.71. The van der Waals surface area contributed by atoms with Gasteiger partial charge in [-0.2, -0.15) is 4.39 Å². The van der Waals surface area contributed by atoms with Crippen molar-refractivity contribution in [1.29, 1.82) is 0 Å². The van der Waals surface area contributed by atoms with E-state index in [2.05, 4.69) is 10.3 Å². The monoisotopic (exact) mass is 262 g/mol. The van der Waals surface area contributed by atoms with Gasteiger partial charge in [-0.1, -0.05) is 6.07 Å². The van der Waals surface area contributed by atoms with Gasteiger partial charge in [-0.15, -0.1) is 11.8 Å². The summed E-state index contributed by atoms with van der Waals surface area (Å²) in [5.41, 5.74) is 0.932. The van der Waals surface area contributed by atoms with Crippen molar-refractivity contribution < 1.29 is 9.18 Å². The lowest BCUT2D eigenvalue weighted by atomic mass is 10.2. The van der Waals surface area contributed by atoms with Crippen LogP contribution in [0.2, 0.25) is 0 Å². The number of anilines is 1. The van der Waals surface area contributed by atoms with Crippen molar-refractivity contribution in [1.82, 2.24) is 4.98 Å². The molecule has 1 aromatic carbocycles. The summed E-state index contributed by atoms with van der Waals surface area (Å²) < 4.78 is 12.9. The van der Waals surface area contributed by atoms with Crippen molar-refractivity contribution in [3.8, 4) is 0 Å². The van der Waals surface area contributed by atoms with E-state index >= 15 is 0 Å². The molecule has 0 aliphatic carbocycles. The molecule has 1 aromatic heterocycles. The molecule has 0 radical (unpaired) electrons. The minimum atomic E-state index is -0.666. The molecule has 92 valence electrons. The smallest absolute Gasteiger partial charge is 0.255 e. The zero-order chi connectivity index (χ0) is 13.0. The minimum absolute atomic E-state index is 0.247. The van der Waals surface area contributed by atoms with Gasteiger partial charge in [0.05, 0.1) is 0 Å². The summed E-state index contributed by atoms with van der Waals surface area (Å²) in [4.78, 5) is 16.3. The molecule has 18 heavy (non-hydrogen) atoms. The molecule has 5 heteroatoms. The number of hydrogen-bond acceptors (Lipinski definition) is 3. The highest BCUT2D eigenvalue weighted by Crippen LogP contribution is 2.19. The predicted octanol–water partition coefficient (Wildman–Crippen LogP) is 3.19. The van der Waals surface area contributed by atoms with Crippen LogP contribution in [0.5, 0.6) is 0 Å². The number of carbonyl (C=O) groups excluding carboxylic acids is 1. The van der Waals surface area contributed by atoms with Gasteiger partial charge in [-0.25, -0.2) is 4.98 Å². The van der Waals surface area contributed by atoms with Gasteiger partial charge in [0.2, 0.25) is 5.95 Å². The van der Waals surface area contributed by atoms with Crippen LogP contribution in [0.25, 0.3) is 0 Å². The second-order valence-corrected chi connectivity index (χ2v) is 4.43. The minimum Gasteiger partial charge on any atom is -0.322 e. The van der Waals surface area contributed by atoms with Gasteiger partial charge >= 0.3 is 0 Å². The van der Waals surface area contributed by atoms with Crippen LogP contribution in [0.15, 0.2) is 47.5 Å². The molecule has 3 nitrogen and oxygen atoms in total. The summed E-state index contributed by atoms with van der Waals surface area (Å²) in [6, 6.07) is 10.0. The Kier molecular flexibility index (Phi) is 3.94. The third-order valence-electron chi connectivity index (χ3n) is 2.32. The van der Waals surface area contributed by atoms with Crippen LogP contribution >= 0.6 is 11.8 Å². The molecule has 0 bridgehead atoms. The maximum absolute atomic E-state index is 12.9. The molecule has 0 saturated heterocycles. The van der Waals surface area contributed by atoms with Crippen molar-refractivity contribution in [2.24, 2.45) is 0 Å². The fourth-order valence-electron chi connectivity index (χ4n) is 1.45. The third kappa shape index (κ3) is 3.07. The summed E-state index contributed by atoms with van der Waals surface area (Å²) in [7, 11) is 0. The molecule has 2 aromatic rings. The number of rotatable bonds is 3. The average molecular weight is 262 g/mol. The number of pyridine rings is 1. The summed E-state index contributed by atoms with van der Waals surface area (Å²) in [6.45, 7) is 0. The number of amides is 1. The second kappa shape index (κ2) is 5.64. The Balaban J connectivity index is 2.16. The first-order valence-electron chi connectivity index (χ1n) is 5.26. The molecule has 0 fully saturated rings. The lowest BCUT2D eigenvalue weighted by molar-refractivity contribution is 0.102. The van der Waals surface area contributed by atoms with Crippen molar-refractivity contribution >= 4 is 23.4 Å². The Morgan fingerprint density at radius 3 is 2.89 bits per heavy atom. The zero-order valence-electron chi connectivity index (χ0n) is 9.68. The van der Waals surface area contributed by atoms with Crippen LogP contribution in [-0.2, 0) is 0 Å². The first-order chi connectivity index (χ1) is 8.69. The fraction of sp³-hybridized carbons (Fsp3) is 0.0769. The summed E-state index contributed by atoms with van der Waals surface area (Å²) in [6.07, 6.45) is 3.22. The molecule has 0 saturated carbocycles. The van der Waals surface area contributed by atoms with E-state index in [9.17, 15) is 9.18 Å². The quantitative estimate of drug-likeness (QED) is 0.682. The molecule has 0 spiro atoms. The first-order valence-corrected chi connectivity index (χ1v) is 6.48. The van der Waals surface area contributed by atoms with Crippen molar-refractivity contribution in [3.05, 3.63) is 54.1 Å². The standard InChI is InChI=1S/C13H11FN2OS/c1-18-11-4-2-3-10(8-11)16-13(17)9-5-6-15-12(14)7-9/h2-8H,1H3,(H,16,17). The molecule has 1 amide bonds. The molecule has 2 rings (SSSR count). The third-order valence-corrected chi connectivity index (χ3v) is 3.04. The maximum Gasteiger partial charge on any atom is 0.255 e. The van der Waals surface area contributed by atoms with Crippen molar-refractivity contribution in [2.45, 2.75) is 4.90 Å². The molecular weight excluding hydrogens is 251 g/mol. The molecule has 0 aliphatic heterocycles. The first kappa shape index (κ1) is 12.6. The van der Waals surface area contributed by atoms with E-state index < -0.39 is 5.95 Å². The van der Waals surface area contributed by atoms with Gasteiger partial charge in [0.1, 0.15) is 0 Å². The number of nitrogens with one attached hydrogen (secondary N) is 1. The number of halogens is 1. The van der Waals surface area contributed by atoms with E-state index in [4.69, 9.17) is 0 Å². The molecule has 0 aliphatic rings. The SMILES string of the molecule is CSc1cccc(NC(=O)c2ccnc(F)c2)c1. The van der Waals surface area contributed by atoms with E-state index in [-0.39, 0.29) is 11.5 Å². The largest absolute Gasteiger partial charge is 0.322 e. The number of thioether (sulfide) groups is 1. The number of benzene rings is 1. The van der Waals surface area contributed by atoms with Gasteiger partial charge < -0.3 is 5.32 Å². The number of nitrogens with zero attached hydrogens (tertiary/aromatic N) is 1. The van der Waals surface area contributed by atoms with E-state index in [1.807, 2.05) is 24.5 Å². The van der Waals surface area contributed by atoms with Crippen LogP contribution in [0.3, 0.4) is 0 Å². The highest BCUT2D eigenvalue weighted by molar-refractivity contribution is 7.98. The van der Waals surface area contributed by atoms with Gasteiger partial charge in [0.25, 0.3) is 5.91 Å². The number of aromatic nitrogens is 1. The molecule has 1 heterocycles. The van der Waals surface area contributed by atoms with Gasteiger partial charge in [-0.05, 0) is 30.5 Å². The van der Waals surface area contributed by atoms with Crippen LogP contribution in [0.1, 0.15) is 10.4 Å². The van der Waals surface area contributed by atoms with Crippen molar-refractivity contribution in [2.75, 3.05) is 11.6 Å². The van der Waals surface area contributed by atoms with Crippen LogP contribution < -0.4 is 5.32 Å². The van der Waals surface area contributed by atoms with E-state index in [1.165, 1.54) is 12.3 Å². The Hall–Kier alpha value is -1.88. The van der Waals surface area contributed by atoms with Crippen molar-refractivity contribution in [3.63, 3.8) is 0 Å². The Morgan fingerprint density at radius 1 is 1.33 bits per heavy atom. The zero-order valence-corrected chi connectivity index (χ0v) is 10.5.